The van der Waals surface area contributed by atoms with Gasteiger partial charge in [0.25, 0.3) is 0 Å². The van der Waals surface area contributed by atoms with Crippen molar-refractivity contribution < 1.29 is 13.2 Å². The summed E-state index contributed by atoms with van der Waals surface area (Å²) in [5, 5.41) is 6.58. The van der Waals surface area contributed by atoms with Gasteiger partial charge in [-0.3, -0.25) is 4.79 Å². The second kappa shape index (κ2) is 8.51. The van der Waals surface area contributed by atoms with Crippen molar-refractivity contribution in [1.82, 2.24) is 4.31 Å². The maximum Gasteiger partial charge on any atom is 0.246 e. The predicted octanol–water partition coefficient (Wildman–Crippen LogP) is 3.87. The van der Waals surface area contributed by atoms with Crippen molar-refractivity contribution in [3.63, 3.8) is 0 Å². The van der Waals surface area contributed by atoms with E-state index in [1.165, 1.54) is 16.4 Å². The van der Waals surface area contributed by atoms with Gasteiger partial charge in [0, 0.05) is 29.5 Å². The van der Waals surface area contributed by atoms with Gasteiger partial charge in [-0.15, -0.1) is 0 Å². The first-order valence-corrected chi connectivity index (χ1v) is 11.0. The highest BCUT2D eigenvalue weighted by Gasteiger charge is 2.27. The molecule has 2 N–H and O–H groups in total. The Bertz CT molecular complexity index is 955. The van der Waals surface area contributed by atoms with Crippen LogP contribution in [0.4, 0.5) is 11.4 Å². The first-order chi connectivity index (χ1) is 13.3. The number of hydrogen-bond donors (Lipinski definition) is 2. The van der Waals surface area contributed by atoms with Crippen LogP contribution < -0.4 is 10.6 Å². The maximum absolute atomic E-state index is 12.6. The van der Waals surface area contributed by atoms with E-state index in [2.05, 4.69) is 10.6 Å². The summed E-state index contributed by atoms with van der Waals surface area (Å²) in [5.74, 6) is -0.227. The van der Waals surface area contributed by atoms with Gasteiger partial charge >= 0.3 is 0 Å². The Balaban J connectivity index is 1.64. The number of halogens is 1. The molecule has 1 aliphatic rings. The summed E-state index contributed by atoms with van der Waals surface area (Å²) in [5.41, 5.74) is 2.21. The molecule has 0 bridgehead atoms. The quantitative estimate of drug-likeness (QED) is 0.742. The molecule has 3 rings (SSSR count). The number of sulfonamides is 1. The van der Waals surface area contributed by atoms with Gasteiger partial charge in [-0.2, -0.15) is 4.31 Å². The topological polar surface area (TPSA) is 78.5 Å². The summed E-state index contributed by atoms with van der Waals surface area (Å²) in [4.78, 5) is 12.7. The van der Waals surface area contributed by atoms with Gasteiger partial charge < -0.3 is 10.6 Å². The summed E-state index contributed by atoms with van der Waals surface area (Å²) in [6.45, 7) is 4.76. The molecule has 6 nitrogen and oxygen atoms in total. The summed E-state index contributed by atoms with van der Waals surface area (Å²) in [6, 6.07) is 11.3. The first-order valence-electron chi connectivity index (χ1n) is 9.22. The lowest BCUT2D eigenvalue weighted by Crippen LogP contribution is -2.32. The molecule has 0 saturated carbocycles. The van der Waals surface area contributed by atoms with Gasteiger partial charge in [0.15, 0.2) is 0 Å². The zero-order chi connectivity index (χ0) is 20.3. The molecule has 2 aromatic rings. The Morgan fingerprint density at radius 2 is 1.75 bits per heavy atom. The highest BCUT2D eigenvalue weighted by Crippen LogP contribution is 2.24. The third-order valence-corrected chi connectivity index (χ3v) is 7.18. The highest BCUT2D eigenvalue weighted by molar-refractivity contribution is 7.89. The number of hydrogen-bond acceptors (Lipinski definition) is 4. The summed E-state index contributed by atoms with van der Waals surface area (Å²) < 4.78 is 26.6. The minimum Gasteiger partial charge on any atom is -0.374 e. The van der Waals surface area contributed by atoms with Crippen molar-refractivity contribution in [2.24, 2.45) is 0 Å². The molecule has 0 spiro atoms. The number of carbonyl (C=O) groups excluding carboxylic acids is 1. The van der Waals surface area contributed by atoms with E-state index in [0.29, 0.717) is 23.8 Å². The molecule has 1 amide bonds. The zero-order valence-electron chi connectivity index (χ0n) is 15.9. The van der Waals surface area contributed by atoms with Crippen LogP contribution >= 0.6 is 11.6 Å². The number of anilines is 2. The highest BCUT2D eigenvalue weighted by atomic mass is 35.5. The number of amides is 1. The van der Waals surface area contributed by atoms with E-state index >= 15 is 0 Å². The standard InChI is InChI=1S/C20H24ClN3O3S/c1-14-18(21)6-5-7-19(14)22-15(2)20(25)23-16-8-10-17(11-9-16)28(26,27)24-12-3-4-13-24/h5-11,15,22H,3-4,12-13H2,1-2H3,(H,23,25)/t15-/m1/s1. The van der Waals surface area contributed by atoms with Crippen LogP contribution in [-0.4, -0.2) is 37.8 Å². The lowest BCUT2D eigenvalue weighted by Gasteiger charge is -2.18. The summed E-state index contributed by atoms with van der Waals surface area (Å²) >= 11 is 6.11. The molecule has 0 aliphatic carbocycles. The SMILES string of the molecule is Cc1c(Cl)cccc1N[C@H](C)C(=O)Nc1ccc(S(=O)(=O)N2CCCC2)cc1. The van der Waals surface area contributed by atoms with E-state index in [4.69, 9.17) is 11.6 Å². The van der Waals surface area contributed by atoms with Crippen molar-refractivity contribution in [3.8, 4) is 0 Å². The lowest BCUT2D eigenvalue weighted by molar-refractivity contribution is -0.116. The van der Waals surface area contributed by atoms with E-state index in [0.717, 1.165) is 24.1 Å². The third kappa shape index (κ3) is 4.48. The Kier molecular flexibility index (Phi) is 6.27. The maximum atomic E-state index is 12.6. The van der Waals surface area contributed by atoms with Crippen LogP contribution in [0.15, 0.2) is 47.4 Å². The molecule has 1 atom stereocenters. The Labute approximate surface area is 170 Å². The molecule has 28 heavy (non-hydrogen) atoms. The summed E-state index contributed by atoms with van der Waals surface area (Å²) in [7, 11) is -3.45. The molecule has 8 heteroatoms. The molecule has 1 saturated heterocycles. The Morgan fingerprint density at radius 1 is 1.11 bits per heavy atom. The number of nitrogens with one attached hydrogen (secondary N) is 2. The molecule has 1 heterocycles. The molecule has 150 valence electrons. The molecule has 0 aromatic heterocycles. The molecule has 2 aromatic carbocycles. The minimum atomic E-state index is -3.45. The Hall–Kier alpha value is -2.09. The summed E-state index contributed by atoms with van der Waals surface area (Å²) in [6.07, 6.45) is 1.79. The molecular weight excluding hydrogens is 398 g/mol. The Morgan fingerprint density at radius 3 is 2.39 bits per heavy atom. The van der Waals surface area contributed by atoms with Gasteiger partial charge in [-0.25, -0.2) is 8.42 Å². The van der Waals surface area contributed by atoms with Crippen molar-refractivity contribution >= 4 is 38.9 Å². The fraction of sp³-hybridized carbons (Fsp3) is 0.350. The van der Waals surface area contributed by atoms with Crippen LogP contribution in [0, 0.1) is 6.92 Å². The van der Waals surface area contributed by atoms with Crippen molar-refractivity contribution in [2.75, 3.05) is 23.7 Å². The van der Waals surface area contributed by atoms with Crippen LogP contribution in [0.2, 0.25) is 5.02 Å². The predicted molar refractivity (Wildman–Crippen MR) is 112 cm³/mol. The van der Waals surface area contributed by atoms with Gasteiger partial charge in [0.2, 0.25) is 15.9 Å². The van der Waals surface area contributed by atoms with E-state index in [-0.39, 0.29) is 10.8 Å². The van der Waals surface area contributed by atoms with Crippen LogP contribution in [0.25, 0.3) is 0 Å². The fourth-order valence-corrected chi connectivity index (χ4v) is 4.79. The third-order valence-electron chi connectivity index (χ3n) is 4.86. The van der Waals surface area contributed by atoms with Gasteiger partial charge in [0.1, 0.15) is 6.04 Å². The van der Waals surface area contributed by atoms with Gasteiger partial charge in [-0.1, -0.05) is 17.7 Å². The second-order valence-corrected chi connectivity index (χ2v) is 9.25. The fourth-order valence-electron chi connectivity index (χ4n) is 3.10. The van der Waals surface area contributed by atoms with E-state index < -0.39 is 16.1 Å². The van der Waals surface area contributed by atoms with Gasteiger partial charge in [0.05, 0.1) is 4.90 Å². The van der Waals surface area contributed by atoms with E-state index in [1.54, 1.807) is 25.1 Å². The van der Waals surface area contributed by atoms with Crippen molar-refractivity contribution in [1.29, 1.82) is 0 Å². The lowest BCUT2D eigenvalue weighted by atomic mass is 10.1. The van der Waals surface area contributed by atoms with Crippen molar-refractivity contribution in [3.05, 3.63) is 53.1 Å². The second-order valence-electron chi connectivity index (χ2n) is 6.90. The van der Waals surface area contributed by atoms with E-state index in [1.807, 2.05) is 19.1 Å². The molecule has 0 radical (unpaired) electrons. The van der Waals surface area contributed by atoms with Gasteiger partial charge in [-0.05, 0) is 68.7 Å². The zero-order valence-corrected chi connectivity index (χ0v) is 17.5. The van der Waals surface area contributed by atoms with Crippen LogP contribution in [0.5, 0.6) is 0 Å². The molecule has 1 aliphatic heterocycles. The van der Waals surface area contributed by atoms with Crippen LogP contribution in [0.3, 0.4) is 0 Å². The average molecular weight is 422 g/mol. The smallest absolute Gasteiger partial charge is 0.246 e. The van der Waals surface area contributed by atoms with Crippen LogP contribution in [0.1, 0.15) is 25.3 Å². The number of nitrogens with zero attached hydrogens (tertiary/aromatic N) is 1. The van der Waals surface area contributed by atoms with Crippen LogP contribution in [-0.2, 0) is 14.8 Å². The number of carbonyl (C=O) groups is 1. The average Bonchev–Trinajstić information content (AvgIpc) is 3.21. The first kappa shape index (κ1) is 20.6. The normalized spacial score (nSPS) is 16.0. The van der Waals surface area contributed by atoms with Crippen molar-refractivity contribution in [2.45, 2.75) is 37.6 Å². The monoisotopic (exact) mass is 421 g/mol. The largest absolute Gasteiger partial charge is 0.374 e. The van der Waals surface area contributed by atoms with E-state index in [9.17, 15) is 13.2 Å². The minimum absolute atomic E-state index is 0.227. The number of benzene rings is 2. The molecular formula is C20H24ClN3O3S. The molecule has 0 unspecified atom stereocenters. The number of rotatable bonds is 6. The molecule has 1 fully saturated rings.